The second-order valence-electron chi connectivity index (χ2n) is 9.08. The third-order valence-electron chi connectivity index (χ3n) is 4.88. The van der Waals surface area contributed by atoms with Gasteiger partial charge in [0.15, 0.2) is 0 Å². The summed E-state index contributed by atoms with van der Waals surface area (Å²) in [7, 11) is -3.63. The van der Waals surface area contributed by atoms with E-state index in [1.165, 1.54) is 12.1 Å². The molecule has 0 fully saturated rings. The van der Waals surface area contributed by atoms with E-state index in [-0.39, 0.29) is 24.2 Å². The van der Waals surface area contributed by atoms with E-state index in [2.05, 4.69) is 10.0 Å². The van der Waals surface area contributed by atoms with Crippen molar-refractivity contribution in [1.29, 1.82) is 0 Å². The zero-order valence-electron chi connectivity index (χ0n) is 19.5. The predicted molar refractivity (Wildman–Crippen MR) is 126 cm³/mol. The molecule has 0 aromatic heterocycles. The molecule has 2 aromatic rings. The number of carbonyl (C=O) groups excluding carboxylic acids is 2. The largest absolute Gasteiger partial charge is 0.463 e. The summed E-state index contributed by atoms with van der Waals surface area (Å²) in [6.07, 6.45) is 1.37. The van der Waals surface area contributed by atoms with Gasteiger partial charge in [-0.3, -0.25) is 14.3 Å². The Morgan fingerprint density at radius 2 is 1.73 bits per heavy atom. The van der Waals surface area contributed by atoms with Crippen LogP contribution in [0.4, 0.5) is 10.1 Å². The van der Waals surface area contributed by atoms with Crippen LogP contribution < -0.4 is 10.0 Å². The minimum absolute atomic E-state index is 0.00492. The number of sulfonamides is 1. The Bertz CT molecular complexity index is 1080. The zero-order chi connectivity index (χ0) is 24.8. The van der Waals surface area contributed by atoms with Crippen LogP contribution >= 0.6 is 0 Å². The molecule has 2 aromatic carbocycles. The lowest BCUT2D eigenvalue weighted by Crippen LogP contribution is -2.43. The molecule has 2 N–H and O–H groups in total. The van der Waals surface area contributed by atoms with Gasteiger partial charge in [-0.25, -0.2) is 12.8 Å². The van der Waals surface area contributed by atoms with Crippen LogP contribution in [0.25, 0.3) is 0 Å². The van der Waals surface area contributed by atoms with E-state index in [4.69, 9.17) is 4.74 Å². The van der Waals surface area contributed by atoms with Crippen molar-refractivity contribution in [2.45, 2.75) is 46.1 Å². The van der Waals surface area contributed by atoms with E-state index in [0.29, 0.717) is 12.0 Å². The van der Waals surface area contributed by atoms with Gasteiger partial charge in [-0.1, -0.05) is 36.4 Å². The van der Waals surface area contributed by atoms with Gasteiger partial charge in [-0.05, 0) is 57.4 Å². The summed E-state index contributed by atoms with van der Waals surface area (Å²) in [5.74, 6) is -2.24. The monoisotopic (exact) mass is 478 g/mol. The second-order valence-corrected chi connectivity index (χ2v) is 10.8. The first kappa shape index (κ1) is 26.3. The van der Waals surface area contributed by atoms with Gasteiger partial charge in [0, 0.05) is 0 Å². The highest BCUT2D eigenvalue weighted by molar-refractivity contribution is 7.92. The molecule has 0 bridgehead atoms. The number of esters is 1. The summed E-state index contributed by atoms with van der Waals surface area (Å²) < 4.78 is 44.6. The number of nitrogens with one attached hydrogen (secondary N) is 2. The number of ether oxygens (including phenoxy) is 1. The van der Waals surface area contributed by atoms with Crippen molar-refractivity contribution in [2.24, 2.45) is 5.41 Å². The number of hydrogen-bond acceptors (Lipinski definition) is 5. The SMILES string of the molecule is CC(C(=O)N[C@@H](COC(=O)C(C)(C)C)Cc1ccccc1)c1ccc(NS(C)(=O)=O)c(F)c1. The summed E-state index contributed by atoms with van der Waals surface area (Å²) in [6.45, 7) is 6.86. The van der Waals surface area contributed by atoms with Crippen molar-refractivity contribution in [1.82, 2.24) is 5.32 Å². The van der Waals surface area contributed by atoms with Gasteiger partial charge < -0.3 is 10.1 Å². The number of amides is 1. The van der Waals surface area contributed by atoms with Gasteiger partial charge >= 0.3 is 5.97 Å². The maximum atomic E-state index is 14.4. The topological polar surface area (TPSA) is 102 Å². The first-order valence-corrected chi connectivity index (χ1v) is 12.4. The summed E-state index contributed by atoms with van der Waals surface area (Å²) in [5, 5.41) is 2.89. The average Bonchev–Trinajstić information content (AvgIpc) is 2.71. The maximum Gasteiger partial charge on any atom is 0.311 e. The van der Waals surface area contributed by atoms with E-state index in [1.807, 2.05) is 30.3 Å². The van der Waals surface area contributed by atoms with Gasteiger partial charge in [0.25, 0.3) is 0 Å². The molecule has 9 heteroatoms. The number of halogens is 1. The van der Waals surface area contributed by atoms with Gasteiger partial charge in [-0.15, -0.1) is 0 Å². The van der Waals surface area contributed by atoms with Crippen molar-refractivity contribution < 1.29 is 27.1 Å². The lowest BCUT2D eigenvalue weighted by molar-refractivity contribution is -0.154. The van der Waals surface area contributed by atoms with Gasteiger partial charge in [0.2, 0.25) is 15.9 Å². The van der Waals surface area contributed by atoms with Crippen molar-refractivity contribution in [3.05, 3.63) is 65.5 Å². The summed E-state index contributed by atoms with van der Waals surface area (Å²) in [6, 6.07) is 12.9. The Morgan fingerprint density at radius 3 is 2.27 bits per heavy atom. The fraction of sp³-hybridized carbons (Fsp3) is 0.417. The van der Waals surface area contributed by atoms with Crippen molar-refractivity contribution in [3.63, 3.8) is 0 Å². The molecule has 180 valence electrons. The summed E-state index contributed by atoms with van der Waals surface area (Å²) >= 11 is 0. The third-order valence-corrected chi connectivity index (χ3v) is 5.47. The van der Waals surface area contributed by atoms with E-state index < -0.39 is 33.2 Å². The molecule has 0 aliphatic heterocycles. The second kappa shape index (κ2) is 10.8. The highest BCUT2D eigenvalue weighted by Gasteiger charge is 2.26. The van der Waals surface area contributed by atoms with Crippen LogP contribution in [0.5, 0.6) is 0 Å². The number of carbonyl (C=O) groups is 2. The van der Waals surface area contributed by atoms with Crippen LogP contribution in [0.2, 0.25) is 0 Å². The molecule has 0 saturated carbocycles. The predicted octanol–water partition coefficient (Wildman–Crippen LogP) is 3.62. The van der Waals surface area contributed by atoms with Gasteiger partial charge in [-0.2, -0.15) is 0 Å². The van der Waals surface area contributed by atoms with E-state index in [1.54, 1.807) is 27.7 Å². The molecule has 0 saturated heterocycles. The molecule has 0 heterocycles. The molecule has 0 radical (unpaired) electrons. The Balaban J connectivity index is 2.14. The third kappa shape index (κ3) is 8.49. The van der Waals surface area contributed by atoms with Crippen LogP contribution in [0.1, 0.15) is 44.7 Å². The summed E-state index contributed by atoms with van der Waals surface area (Å²) in [5.41, 5.74) is 0.483. The van der Waals surface area contributed by atoms with Gasteiger partial charge in [0.1, 0.15) is 12.4 Å². The van der Waals surface area contributed by atoms with Crippen LogP contribution in [-0.2, 0) is 30.8 Å². The van der Waals surface area contributed by atoms with Crippen molar-refractivity contribution in [3.8, 4) is 0 Å². The highest BCUT2D eigenvalue weighted by Crippen LogP contribution is 2.23. The molecule has 1 unspecified atom stereocenters. The standard InChI is InChI=1S/C24H31FN2O5S/c1-16(18-11-12-21(20(25)14-18)27-33(5,30)31)22(28)26-19(13-17-9-7-6-8-10-17)15-32-23(29)24(2,3)4/h6-12,14,16,19,27H,13,15H2,1-5H3,(H,26,28)/t16?,19-/m1/s1. The number of hydrogen-bond donors (Lipinski definition) is 2. The fourth-order valence-corrected chi connectivity index (χ4v) is 3.57. The van der Waals surface area contributed by atoms with Crippen molar-refractivity contribution >= 4 is 27.6 Å². The Hall–Kier alpha value is -2.94. The average molecular weight is 479 g/mol. The fourth-order valence-electron chi connectivity index (χ4n) is 3.00. The molecule has 2 rings (SSSR count). The Morgan fingerprint density at radius 1 is 1.09 bits per heavy atom. The molecule has 0 aliphatic rings. The van der Waals surface area contributed by atoms with E-state index in [0.717, 1.165) is 17.9 Å². The quantitative estimate of drug-likeness (QED) is 0.536. The van der Waals surface area contributed by atoms with Crippen molar-refractivity contribution in [2.75, 3.05) is 17.6 Å². The molecule has 0 spiro atoms. The molecule has 33 heavy (non-hydrogen) atoms. The van der Waals surface area contributed by atoms with E-state index >= 15 is 0 Å². The molecule has 1 amide bonds. The van der Waals surface area contributed by atoms with E-state index in [9.17, 15) is 22.4 Å². The molecule has 0 aliphatic carbocycles. The normalized spacial score (nSPS) is 13.6. The molecular formula is C24H31FN2O5S. The zero-order valence-corrected chi connectivity index (χ0v) is 20.3. The Labute approximate surface area is 194 Å². The first-order valence-electron chi connectivity index (χ1n) is 10.5. The summed E-state index contributed by atoms with van der Waals surface area (Å²) in [4.78, 5) is 25.1. The van der Waals surface area contributed by atoms with Crippen LogP contribution in [0, 0.1) is 11.2 Å². The minimum atomic E-state index is -3.63. The Kier molecular flexibility index (Phi) is 8.60. The lowest BCUT2D eigenvalue weighted by atomic mass is 9.97. The molecule has 2 atom stereocenters. The lowest BCUT2D eigenvalue weighted by Gasteiger charge is -2.24. The van der Waals surface area contributed by atoms with Crippen LogP contribution in [0.15, 0.2) is 48.5 Å². The van der Waals surface area contributed by atoms with Gasteiger partial charge in [0.05, 0.1) is 29.3 Å². The number of anilines is 1. The highest BCUT2D eigenvalue weighted by atomic mass is 32.2. The minimum Gasteiger partial charge on any atom is -0.463 e. The smallest absolute Gasteiger partial charge is 0.311 e. The van der Waals surface area contributed by atoms with Crippen LogP contribution in [0.3, 0.4) is 0 Å². The van der Waals surface area contributed by atoms with Crippen LogP contribution in [-0.4, -0.2) is 39.2 Å². The maximum absolute atomic E-state index is 14.4. The number of rotatable bonds is 9. The number of benzene rings is 2. The molecular weight excluding hydrogens is 447 g/mol. The first-order chi connectivity index (χ1) is 15.3. The molecule has 7 nitrogen and oxygen atoms in total.